The lowest BCUT2D eigenvalue weighted by Gasteiger charge is -2.34. The molecule has 2 aromatic rings. The predicted octanol–water partition coefficient (Wildman–Crippen LogP) is 4.15. The molecule has 1 saturated heterocycles. The highest BCUT2D eigenvalue weighted by Gasteiger charge is 2.42. The van der Waals surface area contributed by atoms with Gasteiger partial charge in [-0.25, -0.2) is 4.79 Å². The largest absolute Gasteiger partial charge is 0.465 e. The maximum Gasteiger partial charge on any atom is 0.407 e. The highest BCUT2D eigenvalue weighted by atomic mass is 35.5. The second kappa shape index (κ2) is 9.45. The summed E-state index contributed by atoms with van der Waals surface area (Å²) in [6.07, 6.45) is 1.12. The molecule has 4 rings (SSSR count). The van der Waals surface area contributed by atoms with Crippen molar-refractivity contribution in [2.24, 2.45) is 5.92 Å². The van der Waals surface area contributed by atoms with Crippen LogP contribution in [0.25, 0.3) is 0 Å². The number of nitrogens with zero attached hydrogens (tertiary/aromatic N) is 1. The van der Waals surface area contributed by atoms with Gasteiger partial charge in [-0.1, -0.05) is 11.6 Å². The molecule has 9 nitrogen and oxygen atoms in total. The number of carbonyl (C=O) groups excluding carboxylic acids is 1. The van der Waals surface area contributed by atoms with Crippen molar-refractivity contribution in [3.8, 4) is 11.5 Å². The molecule has 1 aromatic carbocycles. The number of aryl methyl sites for hydroxylation is 2. The fourth-order valence-corrected chi connectivity index (χ4v) is 5.14. The minimum atomic E-state index is -0.964. The molecule has 2 amide bonds. The molecule has 188 valence electrons. The number of hydrogen-bond acceptors (Lipinski definition) is 5. The molecule has 10 heteroatoms. The molecule has 0 radical (unpaired) electrons. The van der Waals surface area contributed by atoms with Gasteiger partial charge in [-0.2, -0.15) is 0 Å². The fourth-order valence-electron chi connectivity index (χ4n) is 4.91. The fraction of sp³-hybridized carbons (Fsp3) is 0.480. The summed E-state index contributed by atoms with van der Waals surface area (Å²) in [5, 5.41) is 12.2. The number of nitrogens with one attached hydrogen (secondary N) is 2. The molecular formula is C25H30ClN3O6. The number of carbonyl (C=O) groups is 2. The Morgan fingerprint density at radius 2 is 1.86 bits per heavy atom. The van der Waals surface area contributed by atoms with Crippen LogP contribution in [0.15, 0.2) is 16.9 Å². The molecule has 35 heavy (non-hydrogen) atoms. The summed E-state index contributed by atoms with van der Waals surface area (Å²) >= 11 is 6.49. The number of aromatic amines is 1. The first-order valence-corrected chi connectivity index (χ1v) is 12.0. The number of piperidine rings is 1. The molecule has 1 aromatic heterocycles. The molecule has 0 aliphatic carbocycles. The standard InChI is InChI=1S/C25H30ClN3O6/c1-13-9-14(2)28-23(31)18(13)12-27-22(30)17-10-19(26)21-20(15(17)3)34-25(4,35-21)11-16-5-7-29(8-6-16)24(32)33/h9-10,16H,5-8,11-12H2,1-4H3,(H,27,30)(H,28,31)(H,32,33). The maximum atomic E-state index is 13.0. The first-order valence-electron chi connectivity index (χ1n) is 11.6. The third-order valence-electron chi connectivity index (χ3n) is 6.78. The van der Waals surface area contributed by atoms with E-state index >= 15 is 0 Å². The highest BCUT2D eigenvalue weighted by molar-refractivity contribution is 6.33. The van der Waals surface area contributed by atoms with Crippen molar-refractivity contribution in [2.75, 3.05) is 13.1 Å². The first-order chi connectivity index (χ1) is 16.5. The lowest BCUT2D eigenvalue weighted by atomic mass is 9.90. The summed E-state index contributed by atoms with van der Waals surface area (Å²) in [7, 11) is 0. The number of pyridine rings is 1. The van der Waals surface area contributed by atoms with Crippen LogP contribution >= 0.6 is 11.6 Å². The van der Waals surface area contributed by atoms with E-state index in [0.717, 1.165) is 24.1 Å². The number of halogens is 1. The van der Waals surface area contributed by atoms with Crippen molar-refractivity contribution in [1.82, 2.24) is 15.2 Å². The number of likely N-dealkylation sites (tertiary alicyclic amines) is 1. The zero-order valence-corrected chi connectivity index (χ0v) is 21.0. The van der Waals surface area contributed by atoms with Crippen LogP contribution in [0.3, 0.4) is 0 Å². The van der Waals surface area contributed by atoms with Gasteiger partial charge < -0.3 is 29.8 Å². The quantitative estimate of drug-likeness (QED) is 0.563. The van der Waals surface area contributed by atoms with Crippen LogP contribution < -0.4 is 20.3 Å². The molecule has 0 bridgehead atoms. The average molecular weight is 504 g/mol. The Labute approximate surface area is 208 Å². The van der Waals surface area contributed by atoms with Crippen molar-refractivity contribution >= 4 is 23.6 Å². The van der Waals surface area contributed by atoms with Gasteiger partial charge in [0.15, 0.2) is 11.5 Å². The van der Waals surface area contributed by atoms with Gasteiger partial charge in [0.05, 0.1) is 5.02 Å². The monoisotopic (exact) mass is 503 g/mol. The molecule has 2 aliphatic rings. The molecule has 0 saturated carbocycles. The smallest absolute Gasteiger partial charge is 0.407 e. The van der Waals surface area contributed by atoms with Crippen molar-refractivity contribution in [3.05, 3.63) is 55.5 Å². The van der Waals surface area contributed by atoms with Crippen LogP contribution in [-0.2, 0) is 6.54 Å². The minimum Gasteiger partial charge on any atom is -0.465 e. The number of aromatic nitrogens is 1. The SMILES string of the molecule is Cc1cc(C)c(CNC(=O)c2cc(Cl)c3c(c2C)OC(C)(CC2CCN(C(=O)O)CC2)O3)c(=O)[nH]1. The second-order valence-electron chi connectivity index (χ2n) is 9.57. The molecule has 1 atom stereocenters. The third-order valence-corrected chi connectivity index (χ3v) is 7.06. The Morgan fingerprint density at radius 1 is 1.20 bits per heavy atom. The van der Waals surface area contributed by atoms with E-state index in [1.807, 2.05) is 26.8 Å². The molecule has 1 fully saturated rings. The van der Waals surface area contributed by atoms with E-state index in [9.17, 15) is 14.4 Å². The van der Waals surface area contributed by atoms with E-state index < -0.39 is 11.9 Å². The van der Waals surface area contributed by atoms with Crippen molar-refractivity contribution in [2.45, 2.75) is 59.3 Å². The van der Waals surface area contributed by atoms with Crippen LogP contribution in [0.2, 0.25) is 5.02 Å². The summed E-state index contributed by atoms with van der Waals surface area (Å²) in [4.78, 5) is 40.6. The summed E-state index contributed by atoms with van der Waals surface area (Å²) in [6.45, 7) is 8.29. The van der Waals surface area contributed by atoms with Crippen molar-refractivity contribution in [3.63, 3.8) is 0 Å². The zero-order valence-electron chi connectivity index (χ0n) is 20.3. The number of amides is 2. The summed E-state index contributed by atoms with van der Waals surface area (Å²) < 4.78 is 12.3. The molecule has 2 aliphatic heterocycles. The van der Waals surface area contributed by atoms with E-state index in [-0.39, 0.29) is 29.0 Å². The Morgan fingerprint density at radius 3 is 2.49 bits per heavy atom. The summed E-state index contributed by atoms with van der Waals surface area (Å²) in [5.74, 6) is -0.268. The maximum absolute atomic E-state index is 13.0. The first kappa shape index (κ1) is 24.9. The number of hydrogen-bond donors (Lipinski definition) is 3. The van der Waals surface area contributed by atoms with Gasteiger partial charge in [-0.3, -0.25) is 9.59 Å². The normalized spacial score (nSPS) is 19.6. The Hall–Kier alpha value is -3.20. The minimum absolute atomic E-state index is 0.0819. The van der Waals surface area contributed by atoms with Crippen molar-refractivity contribution in [1.29, 1.82) is 0 Å². The average Bonchev–Trinajstić information content (AvgIpc) is 3.13. The third kappa shape index (κ3) is 5.10. The number of H-pyrrole nitrogens is 1. The highest BCUT2D eigenvalue weighted by Crippen LogP contribution is 2.49. The number of carboxylic acid groups (broad SMARTS) is 1. The number of rotatable bonds is 5. The molecule has 3 N–H and O–H groups in total. The summed E-state index contributed by atoms with van der Waals surface area (Å²) in [6, 6.07) is 3.41. The van der Waals surface area contributed by atoms with Crippen LogP contribution in [0.1, 0.15) is 58.9 Å². The van der Waals surface area contributed by atoms with Crippen LogP contribution in [0.4, 0.5) is 4.79 Å². The van der Waals surface area contributed by atoms with Gasteiger partial charge in [0.1, 0.15) is 0 Å². The lowest BCUT2D eigenvalue weighted by Crippen LogP contribution is -2.42. The Kier molecular flexibility index (Phi) is 6.73. The molecular weight excluding hydrogens is 474 g/mol. The van der Waals surface area contributed by atoms with Crippen LogP contribution in [0.5, 0.6) is 11.5 Å². The van der Waals surface area contributed by atoms with Gasteiger partial charge in [-0.05, 0) is 57.2 Å². The van der Waals surface area contributed by atoms with E-state index in [4.69, 9.17) is 26.2 Å². The summed E-state index contributed by atoms with van der Waals surface area (Å²) in [5.41, 5.74) is 2.77. The zero-order chi connectivity index (χ0) is 25.5. The van der Waals surface area contributed by atoms with Gasteiger partial charge in [0, 0.05) is 55.4 Å². The molecule has 0 spiro atoms. The Bertz CT molecular complexity index is 1230. The lowest BCUT2D eigenvalue weighted by molar-refractivity contribution is -0.0840. The molecule has 1 unspecified atom stereocenters. The van der Waals surface area contributed by atoms with Crippen LogP contribution in [-0.4, -0.2) is 45.9 Å². The predicted molar refractivity (Wildman–Crippen MR) is 130 cm³/mol. The van der Waals surface area contributed by atoms with Gasteiger partial charge in [0.25, 0.3) is 11.5 Å². The molecule has 3 heterocycles. The number of ether oxygens (including phenoxy) is 2. The van der Waals surface area contributed by atoms with E-state index in [2.05, 4.69) is 10.3 Å². The van der Waals surface area contributed by atoms with Crippen LogP contribution in [0, 0.1) is 26.7 Å². The number of fused-ring (bicyclic) bond motifs is 1. The van der Waals surface area contributed by atoms with Gasteiger partial charge in [0.2, 0.25) is 5.79 Å². The van der Waals surface area contributed by atoms with Crippen molar-refractivity contribution < 1.29 is 24.2 Å². The van der Waals surface area contributed by atoms with E-state index in [1.165, 1.54) is 4.90 Å². The Balaban J connectivity index is 1.47. The van der Waals surface area contributed by atoms with Gasteiger partial charge >= 0.3 is 6.09 Å². The second-order valence-corrected chi connectivity index (χ2v) is 9.98. The topological polar surface area (TPSA) is 121 Å². The van der Waals surface area contributed by atoms with E-state index in [0.29, 0.717) is 47.7 Å². The van der Waals surface area contributed by atoms with E-state index in [1.54, 1.807) is 13.0 Å². The number of benzene rings is 1. The van der Waals surface area contributed by atoms with Gasteiger partial charge in [-0.15, -0.1) is 0 Å².